The molecule has 7 nitrogen and oxygen atoms in total. The van der Waals surface area contributed by atoms with Crippen LogP contribution < -0.4 is 0 Å². The highest BCUT2D eigenvalue weighted by Crippen LogP contribution is 2.41. The summed E-state index contributed by atoms with van der Waals surface area (Å²) < 4.78 is 51.5. The largest absolute Gasteiger partial charge is 0.389 e. The highest BCUT2D eigenvalue weighted by molar-refractivity contribution is 7.91. The van der Waals surface area contributed by atoms with Crippen molar-refractivity contribution in [3.8, 4) is 0 Å². The van der Waals surface area contributed by atoms with Crippen molar-refractivity contribution < 1.29 is 32.5 Å². The highest BCUT2D eigenvalue weighted by atomic mass is 35.5. The molecule has 0 spiro atoms. The first-order valence-electron chi connectivity index (χ1n) is 19.3. The second-order valence-corrected chi connectivity index (χ2v) is 18.3. The third kappa shape index (κ3) is 12.1. The molecule has 10 atom stereocenters. The highest BCUT2D eigenvalue weighted by Gasteiger charge is 2.45. The van der Waals surface area contributed by atoms with Gasteiger partial charge in [0.2, 0.25) is 0 Å². The van der Waals surface area contributed by atoms with Crippen LogP contribution in [0.25, 0.3) is 0 Å². The van der Waals surface area contributed by atoms with E-state index in [9.17, 15) is 13.5 Å². The molecule has 284 valence electrons. The molecule has 1 N–H and O–H groups in total. The molecule has 0 saturated carbocycles. The van der Waals surface area contributed by atoms with Gasteiger partial charge < -0.3 is 24.1 Å². The van der Waals surface area contributed by atoms with Crippen LogP contribution in [0.2, 0.25) is 0 Å². The van der Waals surface area contributed by atoms with Crippen LogP contribution in [-0.4, -0.2) is 74.7 Å². The van der Waals surface area contributed by atoms with Crippen LogP contribution in [0.15, 0.2) is 53.5 Å². The maximum absolute atomic E-state index is 13.6. The van der Waals surface area contributed by atoms with E-state index < -0.39 is 15.9 Å². The van der Waals surface area contributed by atoms with E-state index in [1.807, 2.05) is 12.1 Å². The minimum atomic E-state index is -3.53. The number of aliphatic hydroxyl groups is 1. The van der Waals surface area contributed by atoms with Crippen molar-refractivity contribution in [2.75, 3.05) is 19.0 Å². The number of aryl methyl sites for hydroxylation is 1. The molecular formula is C41H65ClO7S. The van der Waals surface area contributed by atoms with Crippen molar-refractivity contribution >= 4 is 21.4 Å². The lowest BCUT2D eigenvalue weighted by molar-refractivity contribution is -0.184. The molecule has 1 aromatic rings. The molecule has 50 heavy (non-hydrogen) atoms. The van der Waals surface area contributed by atoms with Crippen LogP contribution in [0, 0.1) is 23.7 Å². The first-order valence-corrected chi connectivity index (χ1v) is 21.4. The zero-order valence-corrected chi connectivity index (χ0v) is 32.9. The van der Waals surface area contributed by atoms with E-state index in [0.717, 1.165) is 94.1 Å². The van der Waals surface area contributed by atoms with Crippen LogP contribution in [0.3, 0.4) is 0 Å². The summed E-state index contributed by atoms with van der Waals surface area (Å²) in [7, 11) is -3.53. The number of alkyl halides is 1. The van der Waals surface area contributed by atoms with Gasteiger partial charge in [0.15, 0.2) is 16.1 Å². The average molecular weight is 737 g/mol. The molecule has 1 aromatic carbocycles. The Morgan fingerprint density at radius 2 is 1.70 bits per heavy atom. The minimum Gasteiger partial charge on any atom is -0.389 e. The summed E-state index contributed by atoms with van der Waals surface area (Å²) in [6.07, 6.45) is 8.71. The van der Waals surface area contributed by atoms with Gasteiger partial charge in [0.1, 0.15) is 0 Å². The molecule has 3 saturated heterocycles. The van der Waals surface area contributed by atoms with Gasteiger partial charge in [0.05, 0.1) is 54.4 Å². The van der Waals surface area contributed by atoms with Gasteiger partial charge in [-0.25, -0.2) is 8.42 Å². The fourth-order valence-corrected chi connectivity index (χ4v) is 10.1. The molecule has 0 bridgehead atoms. The van der Waals surface area contributed by atoms with E-state index in [4.69, 9.17) is 30.5 Å². The summed E-state index contributed by atoms with van der Waals surface area (Å²) in [5.41, 5.74) is 3.00. The monoisotopic (exact) mass is 736 g/mol. The van der Waals surface area contributed by atoms with Gasteiger partial charge in [0.25, 0.3) is 0 Å². The van der Waals surface area contributed by atoms with E-state index in [-0.39, 0.29) is 59.6 Å². The molecule has 3 heterocycles. The third-order valence-corrected chi connectivity index (χ3v) is 13.6. The Balaban J connectivity index is 1.25. The summed E-state index contributed by atoms with van der Waals surface area (Å²) in [5.74, 6) is 0.560. The second kappa shape index (κ2) is 19.7. The summed E-state index contributed by atoms with van der Waals surface area (Å²) >= 11 is 6.85. The van der Waals surface area contributed by atoms with Crippen LogP contribution in [-0.2, 0) is 35.2 Å². The van der Waals surface area contributed by atoms with Crippen molar-refractivity contribution in [3.05, 3.63) is 54.1 Å². The molecule has 0 unspecified atom stereocenters. The fraction of sp³-hybridized carbons (Fsp3) is 0.756. The minimum absolute atomic E-state index is 0.00602. The quantitative estimate of drug-likeness (QED) is 0.106. The van der Waals surface area contributed by atoms with Crippen molar-refractivity contribution in [1.82, 2.24) is 0 Å². The SMILES string of the molecule is C=C(C[C@H](C)C[C@@H](Cl)CC[C@@H]1O[C@@H](CCC2OCCCO2)CC1=C)[C@H](O)C[C@@H]1O[C@H](C[C@H](C)CC)[C@H](C)[C@H]1CS(=O)(=O)c1ccc(CC)cc1. The standard InChI is InChI=1S/C41H65ClO7S/c1-8-27(3)23-39-31(7)36(26-50(44,45)35-15-11-32(9-2)12-16-35)40(49-39)25-37(43)29(5)21-28(4)22-33(42)13-17-38-30(6)24-34(48-38)14-18-41-46-19-10-20-47-41/h11-12,15-16,27-28,31,33-34,36-41,43H,5-6,8-10,13-14,17-26H2,1-4,7H3/t27-,28+,31-,33+,34+,36-,37-,38+,39-,40+/m1/s1. The van der Waals surface area contributed by atoms with E-state index in [2.05, 4.69) is 47.8 Å². The molecule has 3 fully saturated rings. The van der Waals surface area contributed by atoms with Crippen LogP contribution in [0.5, 0.6) is 0 Å². The predicted molar refractivity (Wildman–Crippen MR) is 202 cm³/mol. The number of aliphatic hydroxyl groups excluding tert-OH is 1. The van der Waals surface area contributed by atoms with Gasteiger partial charge in [-0.05, 0) is 104 Å². The number of halogens is 1. The Hall–Kier alpha value is -1.26. The fourth-order valence-electron chi connectivity index (χ4n) is 7.88. The molecular weight excluding hydrogens is 672 g/mol. The van der Waals surface area contributed by atoms with E-state index in [0.29, 0.717) is 23.7 Å². The second-order valence-electron chi connectivity index (χ2n) is 15.6. The summed E-state index contributed by atoms with van der Waals surface area (Å²) in [6, 6.07) is 7.23. The molecule has 9 heteroatoms. The maximum atomic E-state index is 13.6. The molecule has 0 aromatic heterocycles. The first kappa shape index (κ1) is 41.5. The number of ether oxygens (including phenoxy) is 4. The predicted octanol–water partition coefficient (Wildman–Crippen LogP) is 8.85. The van der Waals surface area contributed by atoms with Crippen LogP contribution in [0.1, 0.15) is 111 Å². The van der Waals surface area contributed by atoms with Crippen LogP contribution >= 0.6 is 11.6 Å². The Morgan fingerprint density at radius 1 is 1.00 bits per heavy atom. The topological polar surface area (TPSA) is 91.3 Å². The molecule has 0 aliphatic carbocycles. The Morgan fingerprint density at radius 3 is 2.36 bits per heavy atom. The summed E-state index contributed by atoms with van der Waals surface area (Å²) in [4.78, 5) is 0.351. The number of hydrogen-bond acceptors (Lipinski definition) is 7. The lowest BCUT2D eigenvalue weighted by atomic mass is 9.84. The molecule has 3 aliphatic rings. The first-order chi connectivity index (χ1) is 23.8. The zero-order valence-electron chi connectivity index (χ0n) is 31.4. The van der Waals surface area contributed by atoms with Crippen molar-refractivity contribution in [1.29, 1.82) is 0 Å². The molecule has 3 aliphatic heterocycles. The Labute approximate surface area is 308 Å². The number of rotatable bonds is 20. The number of benzene rings is 1. The van der Waals surface area contributed by atoms with E-state index in [1.54, 1.807) is 12.1 Å². The smallest absolute Gasteiger partial charge is 0.178 e. The zero-order chi connectivity index (χ0) is 36.4. The number of hydrogen-bond donors (Lipinski definition) is 1. The van der Waals surface area contributed by atoms with Crippen LogP contribution in [0.4, 0.5) is 0 Å². The Kier molecular flexibility index (Phi) is 16.4. The summed E-state index contributed by atoms with van der Waals surface area (Å²) in [6.45, 7) is 20.8. The van der Waals surface area contributed by atoms with E-state index >= 15 is 0 Å². The van der Waals surface area contributed by atoms with Crippen molar-refractivity contribution in [2.24, 2.45) is 23.7 Å². The average Bonchev–Trinajstić information content (AvgIpc) is 3.59. The molecule has 4 rings (SSSR count). The van der Waals surface area contributed by atoms with Crippen molar-refractivity contribution in [3.63, 3.8) is 0 Å². The van der Waals surface area contributed by atoms with Gasteiger partial charge in [-0.1, -0.05) is 66.3 Å². The van der Waals surface area contributed by atoms with Gasteiger partial charge >= 0.3 is 0 Å². The molecule has 0 amide bonds. The van der Waals surface area contributed by atoms with Crippen molar-refractivity contribution in [2.45, 2.75) is 159 Å². The van der Waals surface area contributed by atoms with Gasteiger partial charge in [0, 0.05) is 24.1 Å². The van der Waals surface area contributed by atoms with Gasteiger partial charge in [-0.3, -0.25) is 0 Å². The summed E-state index contributed by atoms with van der Waals surface area (Å²) in [5, 5.41) is 11.4. The molecule has 0 radical (unpaired) electrons. The van der Waals surface area contributed by atoms with E-state index in [1.165, 1.54) is 0 Å². The normalized spacial score (nSPS) is 28.8. The lowest BCUT2D eigenvalue weighted by Gasteiger charge is -2.25. The maximum Gasteiger partial charge on any atom is 0.178 e. The lowest BCUT2D eigenvalue weighted by Crippen LogP contribution is -2.31. The van der Waals surface area contributed by atoms with Gasteiger partial charge in [-0.2, -0.15) is 0 Å². The number of sulfone groups is 1. The third-order valence-electron chi connectivity index (χ3n) is 11.4. The van der Waals surface area contributed by atoms with Gasteiger partial charge in [-0.15, -0.1) is 11.6 Å². The Bertz CT molecular complexity index is 1310.